The first-order chi connectivity index (χ1) is 10.7. The molecular formula is C15H20N6O. The first kappa shape index (κ1) is 14.7. The Hall–Kier alpha value is -2.20. The van der Waals surface area contributed by atoms with Gasteiger partial charge in [0.1, 0.15) is 0 Å². The van der Waals surface area contributed by atoms with Crippen LogP contribution in [-0.4, -0.2) is 30.9 Å². The quantitative estimate of drug-likeness (QED) is 0.865. The molecule has 0 saturated heterocycles. The molecule has 0 aromatic carbocycles. The molecule has 7 heteroatoms. The fraction of sp³-hybridized carbons (Fsp3) is 0.600. The van der Waals surface area contributed by atoms with E-state index in [4.69, 9.17) is 10.9 Å². The highest BCUT2D eigenvalue weighted by Crippen LogP contribution is 2.28. The highest BCUT2D eigenvalue weighted by molar-refractivity contribution is 5.31. The molecule has 2 aromatic heterocycles. The zero-order valence-corrected chi connectivity index (χ0v) is 13.0. The van der Waals surface area contributed by atoms with Crippen molar-refractivity contribution in [2.75, 3.05) is 0 Å². The average molecular weight is 300 g/mol. The van der Waals surface area contributed by atoms with Gasteiger partial charge in [-0.2, -0.15) is 4.68 Å². The smallest absolute Gasteiger partial charge is 0.257 e. The SMILES string of the molecule is C#CC1(NCc2nnnn2-c2onc(C)c2C)CCCCC1. The summed E-state index contributed by atoms with van der Waals surface area (Å²) in [7, 11) is 0. The Kier molecular flexibility index (Phi) is 3.94. The first-order valence-corrected chi connectivity index (χ1v) is 7.58. The van der Waals surface area contributed by atoms with Crippen LogP contribution in [0.4, 0.5) is 0 Å². The van der Waals surface area contributed by atoms with Crippen LogP contribution in [0.25, 0.3) is 5.88 Å². The lowest BCUT2D eigenvalue weighted by atomic mass is 9.82. The van der Waals surface area contributed by atoms with Crippen LogP contribution < -0.4 is 5.32 Å². The van der Waals surface area contributed by atoms with E-state index in [2.05, 4.69) is 31.9 Å². The number of aromatic nitrogens is 5. The van der Waals surface area contributed by atoms with Crippen molar-refractivity contribution in [2.24, 2.45) is 0 Å². The second kappa shape index (κ2) is 5.89. The summed E-state index contributed by atoms with van der Waals surface area (Å²) in [4.78, 5) is 0. The van der Waals surface area contributed by atoms with E-state index in [1.54, 1.807) is 4.68 Å². The van der Waals surface area contributed by atoms with Gasteiger partial charge in [-0.1, -0.05) is 30.3 Å². The molecule has 0 unspecified atom stereocenters. The second-order valence-corrected chi connectivity index (χ2v) is 5.85. The normalized spacial score (nSPS) is 17.3. The zero-order valence-electron chi connectivity index (χ0n) is 13.0. The highest BCUT2D eigenvalue weighted by Gasteiger charge is 2.30. The third-order valence-electron chi connectivity index (χ3n) is 4.43. The summed E-state index contributed by atoms with van der Waals surface area (Å²) >= 11 is 0. The van der Waals surface area contributed by atoms with Crippen LogP contribution in [0.2, 0.25) is 0 Å². The minimum absolute atomic E-state index is 0.249. The van der Waals surface area contributed by atoms with E-state index in [1.807, 2.05) is 13.8 Å². The molecule has 0 atom stereocenters. The van der Waals surface area contributed by atoms with E-state index in [1.165, 1.54) is 6.42 Å². The van der Waals surface area contributed by atoms with Gasteiger partial charge in [0.2, 0.25) is 0 Å². The van der Waals surface area contributed by atoms with Crippen molar-refractivity contribution in [3.05, 3.63) is 17.1 Å². The van der Waals surface area contributed by atoms with Gasteiger partial charge in [-0.15, -0.1) is 11.5 Å². The number of hydrogen-bond acceptors (Lipinski definition) is 6. The Morgan fingerprint density at radius 1 is 1.32 bits per heavy atom. The average Bonchev–Trinajstić information content (AvgIpc) is 3.14. The van der Waals surface area contributed by atoms with Crippen LogP contribution in [0.1, 0.15) is 49.2 Å². The van der Waals surface area contributed by atoms with E-state index in [9.17, 15) is 0 Å². The maximum Gasteiger partial charge on any atom is 0.257 e. The molecule has 1 aliphatic rings. The Balaban J connectivity index is 1.78. The van der Waals surface area contributed by atoms with Crippen LogP contribution in [-0.2, 0) is 6.54 Å². The number of nitrogens with one attached hydrogen (secondary N) is 1. The summed E-state index contributed by atoms with van der Waals surface area (Å²) in [5.41, 5.74) is 1.51. The summed E-state index contributed by atoms with van der Waals surface area (Å²) in [5.74, 6) is 4.15. The molecule has 0 bridgehead atoms. The fourth-order valence-corrected chi connectivity index (χ4v) is 2.85. The fourth-order valence-electron chi connectivity index (χ4n) is 2.85. The van der Waals surface area contributed by atoms with Gasteiger partial charge in [0, 0.05) is 5.56 Å². The third-order valence-corrected chi connectivity index (χ3v) is 4.43. The molecule has 2 aromatic rings. The summed E-state index contributed by atoms with van der Waals surface area (Å²) in [6.07, 6.45) is 11.3. The van der Waals surface area contributed by atoms with Crippen LogP contribution >= 0.6 is 0 Å². The Labute approximate surface area is 129 Å². The van der Waals surface area contributed by atoms with Crippen molar-refractivity contribution in [1.82, 2.24) is 30.7 Å². The Bertz CT molecular complexity index is 689. The Morgan fingerprint density at radius 3 is 2.73 bits per heavy atom. The van der Waals surface area contributed by atoms with Crippen molar-refractivity contribution in [3.63, 3.8) is 0 Å². The lowest BCUT2D eigenvalue weighted by molar-refractivity contribution is 0.294. The molecule has 0 amide bonds. The monoisotopic (exact) mass is 300 g/mol. The summed E-state index contributed by atoms with van der Waals surface area (Å²) in [5, 5.41) is 19.2. The largest absolute Gasteiger partial charge is 0.336 e. The van der Waals surface area contributed by atoms with Crippen molar-refractivity contribution in [1.29, 1.82) is 0 Å². The van der Waals surface area contributed by atoms with Crippen molar-refractivity contribution in [3.8, 4) is 18.2 Å². The lowest BCUT2D eigenvalue weighted by Crippen LogP contribution is -2.45. The van der Waals surface area contributed by atoms with Gasteiger partial charge < -0.3 is 4.52 Å². The second-order valence-electron chi connectivity index (χ2n) is 5.85. The van der Waals surface area contributed by atoms with Gasteiger partial charge >= 0.3 is 0 Å². The van der Waals surface area contributed by atoms with E-state index in [0.717, 1.165) is 36.9 Å². The van der Waals surface area contributed by atoms with Crippen LogP contribution in [0.3, 0.4) is 0 Å². The summed E-state index contributed by atoms with van der Waals surface area (Å²) < 4.78 is 6.90. The van der Waals surface area contributed by atoms with Crippen molar-refractivity contribution >= 4 is 0 Å². The first-order valence-electron chi connectivity index (χ1n) is 7.58. The standard InChI is InChI=1S/C15H20N6O/c1-4-15(8-6-5-7-9-15)16-10-13-17-19-20-21(13)14-11(2)12(3)18-22-14/h1,16H,5-10H2,2-3H3. The minimum Gasteiger partial charge on any atom is -0.336 e. The number of tetrazole rings is 1. The molecule has 7 nitrogen and oxygen atoms in total. The van der Waals surface area contributed by atoms with Gasteiger partial charge in [-0.25, -0.2) is 0 Å². The van der Waals surface area contributed by atoms with Crippen molar-refractivity contribution < 1.29 is 4.52 Å². The number of rotatable bonds is 4. The molecule has 3 rings (SSSR count). The molecule has 1 fully saturated rings. The molecule has 0 spiro atoms. The molecule has 1 N–H and O–H groups in total. The number of nitrogens with zero attached hydrogens (tertiary/aromatic N) is 5. The zero-order chi connectivity index (χ0) is 15.6. The molecule has 1 saturated carbocycles. The highest BCUT2D eigenvalue weighted by atomic mass is 16.5. The molecular weight excluding hydrogens is 280 g/mol. The number of aryl methyl sites for hydroxylation is 1. The molecule has 1 aliphatic carbocycles. The minimum atomic E-state index is -0.249. The van der Waals surface area contributed by atoms with Gasteiger partial charge in [0.25, 0.3) is 5.88 Å². The van der Waals surface area contributed by atoms with Gasteiger partial charge in [0.15, 0.2) is 5.82 Å². The van der Waals surface area contributed by atoms with Gasteiger partial charge in [0.05, 0.1) is 17.8 Å². The third kappa shape index (κ3) is 2.62. The van der Waals surface area contributed by atoms with Gasteiger partial charge in [-0.05, 0) is 37.1 Å². The molecule has 0 aliphatic heterocycles. The van der Waals surface area contributed by atoms with Crippen LogP contribution in [0.5, 0.6) is 0 Å². The van der Waals surface area contributed by atoms with E-state index >= 15 is 0 Å². The number of terminal acetylenes is 1. The van der Waals surface area contributed by atoms with Crippen molar-refractivity contribution in [2.45, 2.75) is 58.0 Å². The molecule has 116 valence electrons. The Morgan fingerprint density at radius 2 is 2.09 bits per heavy atom. The van der Waals surface area contributed by atoms with Crippen LogP contribution in [0.15, 0.2) is 4.52 Å². The van der Waals surface area contributed by atoms with E-state index < -0.39 is 0 Å². The topological polar surface area (TPSA) is 81.7 Å². The molecule has 0 radical (unpaired) electrons. The molecule has 22 heavy (non-hydrogen) atoms. The lowest BCUT2D eigenvalue weighted by Gasteiger charge is -2.33. The summed E-state index contributed by atoms with van der Waals surface area (Å²) in [6.45, 7) is 4.32. The maximum atomic E-state index is 5.75. The predicted octanol–water partition coefficient (Wildman–Crippen LogP) is 1.69. The maximum absolute atomic E-state index is 5.75. The van der Waals surface area contributed by atoms with Gasteiger partial charge in [-0.3, -0.25) is 5.32 Å². The number of hydrogen-bond donors (Lipinski definition) is 1. The predicted molar refractivity (Wildman–Crippen MR) is 80.2 cm³/mol. The van der Waals surface area contributed by atoms with E-state index in [-0.39, 0.29) is 5.54 Å². The van der Waals surface area contributed by atoms with E-state index in [0.29, 0.717) is 18.3 Å². The summed E-state index contributed by atoms with van der Waals surface area (Å²) in [6, 6.07) is 0. The molecule has 2 heterocycles. The van der Waals surface area contributed by atoms with Crippen LogP contribution in [0, 0.1) is 26.2 Å².